The lowest BCUT2D eigenvalue weighted by molar-refractivity contribution is 0.240. The summed E-state index contributed by atoms with van der Waals surface area (Å²) in [5.74, 6) is 0. The van der Waals surface area contributed by atoms with Gasteiger partial charge in [0.15, 0.2) is 0 Å². The quantitative estimate of drug-likeness (QED) is 0.513. The van der Waals surface area contributed by atoms with Crippen molar-refractivity contribution in [2.24, 2.45) is 5.10 Å². The number of hydrogen-bond acceptors (Lipinski definition) is 3. The molecule has 1 saturated heterocycles. The number of hydrazone groups is 1. The first kappa shape index (κ1) is 11.2. The lowest BCUT2D eigenvalue weighted by atomic mass is 10.2. The molecule has 0 bridgehead atoms. The normalized spacial score (nSPS) is 17.6. The number of nitrogens with zero attached hydrogens (tertiary/aromatic N) is 2. The number of rotatable bonds is 6. The first-order valence-corrected chi connectivity index (χ1v) is 5.70. The molecule has 3 nitrogen and oxygen atoms in total. The zero-order valence-corrected chi connectivity index (χ0v) is 8.91. The van der Waals surface area contributed by atoms with Gasteiger partial charge in [-0.05, 0) is 51.2 Å². The van der Waals surface area contributed by atoms with Crippen molar-refractivity contribution in [1.29, 1.82) is 5.41 Å². The Bertz CT molecular complexity index is 171. The SMILES string of the molecule is N=CCCCC/C=N/N1CCCCC1. The van der Waals surface area contributed by atoms with Crippen LogP contribution in [0.15, 0.2) is 5.10 Å². The largest absolute Gasteiger partial charge is 0.313 e. The maximum absolute atomic E-state index is 6.88. The molecule has 1 N–H and O–H groups in total. The number of nitrogens with one attached hydrogen (secondary N) is 1. The van der Waals surface area contributed by atoms with Gasteiger partial charge in [-0.15, -0.1) is 0 Å². The van der Waals surface area contributed by atoms with E-state index < -0.39 is 0 Å². The molecule has 1 fully saturated rings. The Morgan fingerprint density at radius 1 is 1.07 bits per heavy atom. The summed E-state index contributed by atoms with van der Waals surface area (Å²) in [4.78, 5) is 0. The average molecular weight is 195 g/mol. The minimum atomic E-state index is 0.914. The molecule has 0 amide bonds. The van der Waals surface area contributed by atoms with E-state index in [4.69, 9.17) is 5.41 Å². The molecule has 0 atom stereocenters. The first-order valence-electron chi connectivity index (χ1n) is 5.70. The van der Waals surface area contributed by atoms with Crippen LogP contribution in [0.4, 0.5) is 0 Å². The molecule has 0 aromatic carbocycles. The van der Waals surface area contributed by atoms with Gasteiger partial charge in [0.05, 0.1) is 0 Å². The predicted octanol–water partition coefficient (Wildman–Crippen LogP) is 2.67. The third kappa shape index (κ3) is 5.00. The monoisotopic (exact) mass is 195 g/mol. The highest BCUT2D eigenvalue weighted by atomic mass is 15.4. The molecule has 0 spiro atoms. The van der Waals surface area contributed by atoms with E-state index >= 15 is 0 Å². The summed E-state index contributed by atoms with van der Waals surface area (Å²) < 4.78 is 0. The van der Waals surface area contributed by atoms with E-state index in [-0.39, 0.29) is 0 Å². The van der Waals surface area contributed by atoms with E-state index in [0.29, 0.717) is 0 Å². The fourth-order valence-corrected chi connectivity index (χ4v) is 1.65. The predicted molar refractivity (Wildman–Crippen MR) is 61.2 cm³/mol. The van der Waals surface area contributed by atoms with Crippen LogP contribution < -0.4 is 0 Å². The van der Waals surface area contributed by atoms with Gasteiger partial charge in [-0.1, -0.05) is 0 Å². The summed E-state index contributed by atoms with van der Waals surface area (Å²) in [5, 5.41) is 13.5. The zero-order chi connectivity index (χ0) is 10.1. The second-order valence-corrected chi connectivity index (χ2v) is 3.80. The molecular formula is C11H21N3. The standard InChI is InChI=1S/C11H21N3/c12-8-4-1-2-5-9-13-14-10-6-3-7-11-14/h8-9,12H,1-7,10-11H2/b12-8?,13-9+. The van der Waals surface area contributed by atoms with Gasteiger partial charge in [0.1, 0.15) is 0 Å². The van der Waals surface area contributed by atoms with Crippen molar-refractivity contribution < 1.29 is 0 Å². The first-order chi connectivity index (χ1) is 6.93. The smallest absolute Gasteiger partial charge is 0.0360 e. The van der Waals surface area contributed by atoms with E-state index in [2.05, 4.69) is 10.1 Å². The van der Waals surface area contributed by atoms with Crippen LogP contribution >= 0.6 is 0 Å². The highest BCUT2D eigenvalue weighted by Gasteiger charge is 2.05. The Balaban J connectivity index is 1.98. The van der Waals surface area contributed by atoms with Gasteiger partial charge in [-0.3, -0.25) is 5.01 Å². The summed E-state index contributed by atoms with van der Waals surface area (Å²) in [5.41, 5.74) is 0. The Kier molecular flexibility index (Phi) is 6.04. The second-order valence-electron chi connectivity index (χ2n) is 3.80. The van der Waals surface area contributed by atoms with E-state index in [1.807, 2.05) is 6.21 Å². The Labute approximate surface area is 86.7 Å². The topological polar surface area (TPSA) is 39.5 Å². The third-order valence-corrected chi connectivity index (χ3v) is 2.51. The van der Waals surface area contributed by atoms with Crippen molar-refractivity contribution in [3.05, 3.63) is 0 Å². The van der Waals surface area contributed by atoms with Gasteiger partial charge < -0.3 is 5.41 Å². The summed E-state index contributed by atoms with van der Waals surface area (Å²) in [6.07, 6.45) is 11.7. The van der Waals surface area contributed by atoms with Gasteiger partial charge >= 0.3 is 0 Å². The van der Waals surface area contributed by atoms with Gasteiger partial charge in [-0.25, -0.2) is 0 Å². The summed E-state index contributed by atoms with van der Waals surface area (Å²) >= 11 is 0. The molecule has 1 aliphatic rings. The van der Waals surface area contributed by atoms with Crippen LogP contribution in [0.1, 0.15) is 44.9 Å². The van der Waals surface area contributed by atoms with Crippen LogP contribution in [0.3, 0.4) is 0 Å². The molecule has 0 radical (unpaired) electrons. The van der Waals surface area contributed by atoms with Crippen LogP contribution in [0.2, 0.25) is 0 Å². The minimum Gasteiger partial charge on any atom is -0.313 e. The lowest BCUT2D eigenvalue weighted by Gasteiger charge is -2.23. The molecule has 0 unspecified atom stereocenters. The molecule has 0 aromatic rings. The molecule has 1 rings (SSSR count). The molecule has 1 heterocycles. The van der Waals surface area contributed by atoms with E-state index in [1.165, 1.54) is 25.5 Å². The Morgan fingerprint density at radius 2 is 1.79 bits per heavy atom. The highest BCUT2D eigenvalue weighted by molar-refractivity contribution is 5.57. The Morgan fingerprint density at radius 3 is 2.50 bits per heavy atom. The van der Waals surface area contributed by atoms with Crippen molar-refractivity contribution in [1.82, 2.24) is 5.01 Å². The minimum absolute atomic E-state index is 0.914. The van der Waals surface area contributed by atoms with Crippen molar-refractivity contribution in [3.63, 3.8) is 0 Å². The molecule has 14 heavy (non-hydrogen) atoms. The van der Waals surface area contributed by atoms with Gasteiger partial charge in [0.25, 0.3) is 0 Å². The zero-order valence-electron chi connectivity index (χ0n) is 8.91. The van der Waals surface area contributed by atoms with Crippen LogP contribution in [-0.2, 0) is 0 Å². The van der Waals surface area contributed by atoms with Gasteiger partial charge in [-0.2, -0.15) is 5.10 Å². The molecular weight excluding hydrogens is 174 g/mol. The van der Waals surface area contributed by atoms with Crippen molar-refractivity contribution >= 4 is 12.4 Å². The maximum atomic E-state index is 6.88. The van der Waals surface area contributed by atoms with Gasteiger partial charge in [0, 0.05) is 19.3 Å². The molecule has 0 saturated carbocycles. The number of piperidine rings is 1. The van der Waals surface area contributed by atoms with Crippen LogP contribution in [0, 0.1) is 5.41 Å². The van der Waals surface area contributed by atoms with Gasteiger partial charge in [0.2, 0.25) is 0 Å². The van der Waals surface area contributed by atoms with Crippen molar-refractivity contribution in [2.45, 2.75) is 44.9 Å². The van der Waals surface area contributed by atoms with E-state index in [1.54, 1.807) is 0 Å². The molecule has 1 aliphatic heterocycles. The second kappa shape index (κ2) is 7.54. The average Bonchev–Trinajstić information content (AvgIpc) is 2.25. The van der Waals surface area contributed by atoms with E-state index in [0.717, 1.165) is 38.8 Å². The summed E-state index contributed by atoms with van der Waals surface area (Å²) in [7, 11) is 0. The summed E-state index contributed by atoms with van der Waals surface area (Å²) in [6, 6.07) is 0. The molecule has 80 valence electrons. The molecule has 0 aromatic heterocycles. The van der Waals surface area contributed by atoms with Crippen LogP contribution in [0.5, 0.6) is 0 Å². The maximum Gasteiger partial charge on any atom is 0.0360 e. The van der Waals surface area contributed by atoms with Crippen molar-refractivity contribution in [2.75, 3.05) is 13.1 Å². The van der Waals surface area contributed by atoms with E-state index in [9.17, 15) is 0 Å². The summed E-state index contributed by atoms with van der Waals surface area (Å²) in [6.45, 7) is 2.27. The number of hydrogen-bond donors (Lipinski definition) is 1. The van der Waals surface area contributed by atoms with Crippen LogP contribution in [-0.4, -0.2) is 30.5 Å². The third-order valence-electron chi connectivity index (χ3n) is 2.51. The van der Waals surface area contributed by atoms with Crippen molar-refractivity contribution in [3.8, 4) is 0 Å². The molecule has 3 heteroatoms. The number of unbranched alkanes of at least 4 members (excludes halogenated alkanes) is 3. The highest BCUT2D eigenvalue weighted by Crippen LogP contribution is 2.08. The lowest BCUT2D eigenvalue weighted by Crippen LogP contribution is -2.24. The fraction of sp³-hybridized carbons (Fsp3) is 0.818. The van der Waals surface area contributed by atoms with Crippen LogP contribution in [0.25, 0.3) is 0 Å². The molecule has 0 aliphatic carbocycles. The fourth-order valence-electron chi connectivity index (χ4n) is 1.65. The Hall–Kier alpha value is -0.860.